The van der Waals surface area contributed by atoms with E-state index in [1.165, 1.54) is 16.3 Å². The average molecular weight is 267 g/mol. The van der Waals surface area contributed by atoms with Gasteiger partial charge in [0.15, 0.2) is 0 Å². The zero-order valence-electron chi connectivity index (χ0n) is 11.9. The molecule has 0 aromatic heterocycles. The Morgan fingerprint density at radius 3 is 2.80 bits per heavy atom. The molecule has 0 saturated heterocycles. The predicted molar refractivity (Wildman–Crippen MR) is 84.9 cm³/mol. The summed E-state index contributed by atoms with van der Waals surface area (Å²) < 4.78 is 5.90. The number of unbranched alkanes of at least 4 members (excludes halogenated alkanes) is 1. The highest BCUT2D eigenvalue weighted by Gasteiger charge is 2.10. The van der Waals surface area contributed by atoms with Crippen LogP contribution in [0.4, 0.5) is 0 Å². The van der Waals surface area contributed by atoms with Crippen molar-refractivity contribution in [3.8, 4) is 18.1 Å². The first-order chi connectivity index (χ1) is 9.72. The first-order valence-corrected chi connectivity index (χ1v) is 7.05. The van der Waals surface area contributed by atoms with Crippen LogP contribution in [-0.2, 0) is 6.42 Å². The molecule has 104 valence electrons. The van der Waals surface area contributed by atoms with Crippen molar-refractivity contribution in [3.05, 3.63) is 42.0 Å². The Labute approximate surface area is 120 Å². The van der Waals surface area contributed by atoms with Crippen molar-refractivity contribution in [1.82, 2.24) is 0 Å². The summed E-state index contributed by atoms with van der Waals surface area (Å²) in [5, 5.41) is 2.44. The Morgan fingerprint density at radius 2 is 2.05 bits per heavy atom. The molecule has 2 nitrogen and oxygen atoms in total. The van der Waals surface area contributed by atoms with Crippen LogP contribution in [0.1, 0.15) is 25.3 Å². The first kappa shape index (κ1) is 14.4. The van der Waals surface area contributed by atoms with Crippen LogP contribution in [0.2, 0.25) is 0 Å². The van der Waals surface area contributed by atoms with Crippen molar-refractivity contribution < 1.29 is 4.74 Å². The fourth-order valence-electron chi connectivity index (χ4n) is 2.34. The maximum Gasteiger partial charge on any atom is 0.123 e. The van der Waals surface area contributed by atoms with Crippen molar-refractivity contribution in [1.29, 1.82) is 0 Å². The van der Waals surface area contributed by atoms with Gasteiger partial charge in [-0.05, 0) is 36.6 Å². The van der Waals surface area contributed by atoms with Gasteiger partial charge >= 0.3 is 0 Å². The van der Waals surface area contributed by atoms with Gasteiger partial charge in [0.05, 0.1) is 6.61 Å². The van der Waals surface area contributed by atoms with E-state index >= 15 is 0 Å². The molecule has 0 fully saturated rings. The van der Waals surface area contributed by atoms with Crippen molar-refractivity contribution in [2.24, 2.45) is 5.73 Å². The molecule has 0 amide bonds. The van der Waals surface area contributed by atoms with Crippen LogP contribution in [-0.4, -0.2) is 12.6 Å². The van der Waals surface area contributed by atoms with Gasteiger partial charge < -0.3 is 10.5 Å². The van der Waals surface area contributed by atoms with Crippen molar-refractivity contribution in [3.63, 3.8) is 0 Å². The zero-order valence-corrected chi connectivity index (χ0v) is 11.9. The van der Waals surface area contributed by atoms with Gasteiger partial charge in [-0.2, -0.15) is 0 Å². The van der Waals surface area contributed by atoms with E-state index in [1.807, 2.05) is 19.1 Å². The maximum absolute atomic E-state index is 5.98. The molecule has 0 spiro atoms. The summed E-state index contributed by atoms with van der Waals surface area (Å²) in [6.07, 6.45) is 7.69. The molecule has 2 aromatic carbocycles. The number of nitrogens with two attached hydrogens (primary N) is 1. The largest absolute Gasteiger partial charge is 0.493 e. The number of hydrogen-bond acceptors (Lipinski definition) is 2. The van der Waals surface area contributed by atoms with E-state index in [4.69, 9.17) is 16.9 Å². The summed E-state index contributed by atoms with van der Waals surface area (Å²) in [6.45, 7) is 2.67. The number of terminal acetylenes is 1. The van der Waals surface area contributed by atoms with E-state index in [0.29, 0.717) is 6.61 Å². The quantitative estimate of drug-likeness (QED) is 0.642. The minimum Gasteiger partial charge on any atom is -0.493 e. The molecule has 0 bridgehead atoms. The molecular weight excluding hydrogens is 246 g/mol. The smallest absolute Gasteiger partial charge is 0.123 e. The number of fused-ring (bicyclic) bond motifs is 1. The molecule has 2 heteroatoms. The predicted octanol–water partition coefficient (Wildman–Crippen LogP) is 3.52. The van der Waals surface area contributed by atoms with Crippen LogP contribution in [0, 0.1) is 12.3 Å². The Kier molecular flexibility index (Phi) is 5.03. The lowest BCUT2D eigenvalue weighted by Crippen LogP contribution is -2.18. The molecule has 2 N–H and O–H groups in total. The monoisotopic (exact) mass is 267 g/mol. The van der Waals surface area contributed by atoms with Gasteiger partial charge in [0.1, 0.15) is 5.75 Å². The van der Waals surface area contributed by atoms with E-state index in [1.54, 1.807) is 0 Å². The lowest BCUT2D eigenvalue weighted by Gasteiger charge is -2.15. The van der Waals surface area contributed by atoms with Crippen LogP contribution >= 0.6 is 0 Å². The third-order valence-corrected chi connectivity index (χ3v) is 3.25. The van der Waals surface area contributed by atoms with Gasteiger partial charge in [-0.3, -0.25) is 0 Å². The summed E-state index contributed by atoms with van der Waals surface area (Å²) in [6, 6.07) is 12.6. The van der Waals surface area contributed by atoms with Crippen molar-refractivity contribution >= 4 is 10.8 Å². The number of hydrogen-bond donors (Lipinski definition) is 1. The standard InChI is InChI=1S/C18H21NO/c1-3-4-7-12-20-18-11-10-15-8-5-6-9-16(15)17(18)13-14(2)19/h1,5-6,8-11,14H,4,7,12-13,19H2,2H3. The third kappa shape index (κ3) is 3.53. The van der Waals surface area contributed by atoms with Crippen LogP contribution in [0.15, 0.2) is 36.4 Å². The fraction of sp³-hybridized carbons (Fsp3) is 0.333. The minimum absolute atomic E-state index is 0.105. The van der Waals surface area contributed by atoms with Gasteiger partial charge in [0.2, 0.25) is 0 Å². The molecule has 0 aliphatic heterocycles. The molecule has 0 radical (unpaired) electrons. The normalized spacial score (nSPS) is 12.1. The topological polar surface area (TPSA) is 35.2 Å². The van der Waals surface area contributed by atoms with E-state index in [9.17, 15) is 0 Å². The molecular formula is C18H21NO. The first-order valence-electron chi connectivity index (χ1n) is 7.05. The van der Waals surface area contributed by atoms with Crippen LogP contribution < -0.4 is 10.5 Å². The molecule has 0 aliphatic rings. The highest BCUT2D eigenvalue weighted by molar-refractivity contribution is 5.87. The van der Waals surface area contributed by atoms with Crippen LogP contribution in [0.3, 0.4) is 0 Å². The summed E-state index contributed by atoms with van der Waals surface area (Å²) in [5.74, 6) is 3.56. The summed E-state index contributed by atoms with van der Waals surface area (Å²) in [7, 11) is 0. The Hall–Kier alpha value is -1.98. The van der Waals surface area contributed by atoms with E-state index in [-0.39, 0.29) is 6.04 Å². The van der Waals surface area contributed by atoms with Gasteiger partial charge in [-0.15, -0.1) is 12.3 Å². The van der Waals surface area contributed by atoms with E-state index < -0.39 is 0 Å². The minimum atomic E-state index is 0.105. The maximum atomic E-state index is 5.98. The second kappa shape index (κ2) is 6.98. The van der Waals surface area contributed by atoms with Crippen LogP contribution in [0.5, 0.6) is 5.75 Å². The molecule has 0 aliphatic carbocycles. The summed E-state index contributed by atoms with van der Waals surface area (Å²) in [4.78, 5) is 0. The lowest BCUT2D eigenvalue weighted by molar-refractivity contribution is 0.310. The molecule has 2 rings (SSSR count). The molecule has 0 saturated carbocycles. The van der Waals surface area contributed by atoms with E-state index in [0.717, 1.165) is 25.0 Å². The molecule has 20 heavy (non-hydrogen) atoms. The number of rotatable bonds is 6. The lowest BCUT2D eigenvalue weighted by atomic mass is 9.98. The molecule has 2 aromatic rings. The fourth-order valence-corrected chi connectivity index (χ4v) is 2.34. The van der Waals surface area contributed by atoms with Gasteiger partial charge in [-0.25, -0.2) is 0 Å². The van der Waals surface area contributed by atoms with E-state index in [2.05, 4.69) is 30.2 Å². The van der Waals surface area contributed by atoms with Crippen molar-refractivity contribution in [2.45, 2.75) is 32.2 Å². The van der Waals surface area contributed by atoms with Gasteiger partial charge in [0, 0.05) is 18.0 Å². The highest BCUT2D eigenvalue weighted by atomic mass is 16.5. The summed E-state index contributed by atoms with van der Waals surface area (Å²) >= 11 is 0. The molecule has 1 atom stereocenters. The highest BCUT2D eigenvalue weighted by Crippen LogP contribution is 2.29. The van der Waals surface area contributed by atoms with Gasteiger partial charge in [0.25, 0.3) is 0 Å². The van der Waals surface area contributed by atoms with Gasteiger partial charge in [-0.1, -0.05) is 30.3 Å². The molecule has 0 heterocycles. The van der Waals surface area contributed by atoms with Crippen molar-refractivity contribution in [2.75, 3.05) is 6.61 Å². The second-order valence-corrected chi connectivity index (χ2v) is 5.10. The Balaban J connectivity index is 2.30. The average Bonchev–Trinajstić information content (AvgIpc) is 2.45. The number of ether oxygens (including phenoxy) is 1. The summed E-state index contributed by atoms with van der Waals surface area (Å²) in [5.41, 5.74) is 7.17. The zero-order chi connectivity index (χ0) is 14.4. The Morgan fingerprint density at radius 1 is 1.25 bits per heavy atom. The SMILES string of the molecule is C#CCCCOc1ccc2ccccc2c1CC(C)N. The van der Waals surface area contributed by atoms with Crippen LogP contribution in [0.25, 0.3) is 10.8 Å². The number of benzene rings is 2. The third-order valence-electron chi connectivity index (χ3n) is 3.25. The second-order valence-electron chi connectivity index (χ2n) is 5.10. The molecule has 1 unspecified atom stereocenters. The Bertz CT molecular complexity index is 610.